The maximum atomic E-state index is 14.3. The Bertz CT molecular complexity index is 1360. The SMILES string of the molecule is CO[C@@H]1CC[C@]23CC[C@@H](C)[C@](C)(C12)[C@H](OC(=O)CSc1ccc(CC(=O)NCCCNC(=O)OC(C)(C)C)cc1)C[C@](C)(CCO)C(=O)[C@@H]3C. The van der Waals surface area contributed by atoms with Gasteiger partial charge in [-0.3, -0.25) is 14.4 Å². The van der Waals surface area contributed by atoms with E-state index in [1.54, 1.807) is 27.9 Å². The van der Waals surface area contributed by atoms with Gasteiger partial charge in [0.05, 0.1) is 18.3 Å². The number of carbonyl (C=O) groups excluding carboxylic acids is 4. The number of aliphatic hydroxyl groups is 1. The van der Waals surface area contributed by atoms with Crippen LogP contribution in [0.3, 0.4) is 0 Å². The molecule has 2 bridgehead atoms. The highest BCUT2D eigenvalue weighted by Crippen LogP contribution is 2.68. The van der Waals surface area contributed by atoms with Crippen molar-refractivity contribution in [3.8, 4) is 0 Å². The molecule has 0 aliphatic heterocycles. The van der Waals surface area contributed by atoms with Gasteiger partial charge in [0.2, 0.25) is 5.91 Å². The topological polar surface area (TPSA) is 140 Å². The summed E-state index contributed by atoms with van der Waals surface area (Å²) in [6, 6.07) is 7.57. The average molecular weight is 717 g/mol. The highest BCUT2D eigenvalue weighted by Gasteiger charge is 2.68. The number of Topliss-reactive ketones (excluding diaryl/α,β-unsaturated/α-hetero) is 1. The number of amides is 2. The summed E-state index contributed by atoms with van der Waals surface area (Å²) in [5.74, 6) is 0.0369. The minimum atomic E-state index is -0.799. The Morgan fingerprint density at radius 2 is 1.68 bits per heavy atom. The van der Waals surface area contributed by atoms with Crippen molar-refractivity contribution in [3.05, 3.63) is 29.8 Å². The van der Waals surface area contributed by atoms with Gasteiger partial charge >= 0.3 is 12.1 Å². The van der Waals surface area contributed by atoms with E-state index >= 15 is 0 Å². The lowest BCUT2D eigenvalue weighted by Crippen LogP contribution is -2.63. The van der Waals surface area contributed by atoms with Crippen molar-refractivity contribution in [3.63, 3.8) is 0 Å². The summed E-state index contributed by atoms with van der Waals surface area (Å²) in [7, 11) is 1.76. The Labute approximate surface area is 302 Å². The van der Waals surface area contributed by atoms with E-state index in [-0.39, 0.29) is 65.7 Å². The third kappa shape index (κ3) is 8.87. The second kappa shape index (κ2) is 16.4. The third-order valence-electron chi connectivity index (χ3n) is 12.1. The molecule has 3 aliphatic rings. The number of alkyl carbamates (subject to hydrolysis) is 1. The van der Waals surface area contributed by atoms with Gasteiger partial charge in [-0.1, -0.05) is 39.8 Å². The van der Waals surface area contributed by atoms with Gasteiger partial charge in [-0.15, -0.1) is 11.8 Å². The van der Waals surface area contributed by atoms with Crippen molar-refractivity contribution in [2.45, 2.75) is 123 Å². The molecule has 0 saturated heterocycles. The summed E-state index contributed by atoms with van der Waals surface area (Å²) in [5.41, 5.74) is -1.11. The molecule has 3 aliphatic carbocycles. The number of nitrogens with one attached hydrogen (secondary N) is 2. The van der Waals surface area contributed by atoms with E-state index in [1.807, 2.05) is 31.2 Å². The molecule has 0 radical (unpaired) electrons. The summed E-state index contributed by atoms with van der Waals surface area (Å²) >= 11 is 1.38. The first-order valence-corrected chi connectivity index (χ1v) is 19.3. The van der Waals surface area contributed by atoms with Gasteiger partial charge in [-0.25, -0.2) is 4.79 Å². The summed E-state index contributed by atoms with van der Waals surface area (Å²) in [6.07, 6.45) is 4.29. The Hall–Kier alpha value is -2.63. The molecule has 280 valence electrons. The zero-order valence-corrected chi connectivity index (χ0v) is 32.2. The summed E-state index contributed by atoms with van der Waals surface area (Å²) in [6.45, 7) is 14.7. The fourth-order valence-corrected chi connectivity index (χ4v) is 9.92. The number of esters is 1. The summed E-state index contributed by atoms with van der Waals surface area (Å²) in [4.78, 5) is 53.0. The zero-order chi connectivity index (χ0) is 36.9. The van der Waals surface area contributed by atoms with Crippen LogP contribution >= 0.6 is 11.8 Å². The van der Waals surface area contributed by atoms with E-state index in [0.717, 1.165) is 36.1 Å². The van der Waals surface area contributed by atoms with Crippen LogP contribution in [-0.4, -0.2) is 79.2 Å². The normalized spacial score (nSPS) is 32.3. The molecule has 3 saturated carbocycles. The van der Waals surface area contributed by atoms with Crippen LogP contribution in [0.15, 0.2) is 29.2 Å². The number of thioether (sulfide) groups is 1. The average Bonchev–Trinajstić information content (AvgIpc) is 3.45. The van der Waals surface area contributed by atoms with Crippen LogP contribution in [0.25, 0.3) is 0 Å². The lowest BCUT2D eigenvalue weighted by atomic mass is 9.43. The second-order valence-corrected chi connectivity index (χ2v) is 17.4. The van der Waals surface area contributed by atoms with Crippen LogP contribution < -0.4 is 10.6 Å². The molecule has 1 unspecified atom stereocenters. The molecule has 3 fully saturated rings. The highest BCUT2D eigenvalue weighted by molar-refractivity contribution is 8.00. The largest absolute Gasteiger partial charge is 0.461 e. The lowest BCUT2D eigenvalue weighted by molar-refractivity contribution is -0.206. The minimum absolute atomic E-state index is 0.00228. The maximum Gasteiger partial charge on any atom is 0.407 e. The molecule has 11 heteroatoms. The predicted octanol–water partition coefficient (Wildman–Crippen LogP) is 6.11. The van der Waals surface area contributed by atoms with Crippen LogP contribution in [0.1, 0.15) is 99.0 Å². The molecule has 0 spiro atoms. The molecule has 1 aromatic rings. The van der Waals surface area contributed by atoms with Gasteiger partial charge < -0.3 is 30.0 Å². The quantitative estimate of drug-likeness (QED) is 0.125. The number of methoxy groups -OCH3 is 1. The number of aliphatic hydroxyl groups excluding tert-OH is 1. The second-order valence-electron chi connectivity index (χ2n) is 16.4. The Morgan fingerprint density at radius 1 is 1.02 bits per heavy atom. The first-order chi connectivity index (χ1) is 23.5. The number of hydrogen-bond acceptors (Lipinski definition) is 9. The molecule has 1 aromatic carbocycles. The van der Waals surface area contributed by atoms with E-state index in [4.69, 9.17) is 14.2 Å². The smallest absolute Gasteiger partial charge is 0.407 e. The monoisotopic (exact) mass is 716 g/mol. The van der Waals surface area contributed by atoms with Crippen molar-refractivity contribution in [1.29, 1.82) is 0 Å². The van der Waals surface area contributed by atoms with Crippen LogP contribution in [-0.2, 0) is 35.0 Å². The molecule has 3 N–H and O–H groups in total. The number of ether oxygens (including phenoxy) is 3. The molecule has 10 nitrogen and oxygen atoms in total. The van der Waals surface area contributed by atoms with Crippen molar-refractivity contribution >= 4 is 35.5 Å². The minimum Gasteiger partial charge on any atom is -0.461 e. The lowest BCUT2D eigenvalue weighted by Gasteiger charge is -2.62. The van der Waals surface area contributed by atoms with Gasteiger partial charge in [0.1, 0.15) is 17.5 Å². The Morgan fingerprint density at radius 3 is 2.32 bits per heavy atom. The fourth-order valence-electron chi connectivity index (χ4n) is 9.24. The molecule has 0 heterocycles. The van der Waals surface area contributed by atoms with Crippen LogP contribution in [0.2, 0.25) is 0 Å². The summed E-state index contributed by atoms with van der Waals surface area (Å²) in [5, 5.41) is 15.6. The highest BCUT2D eigenvalue weighted by atomic mass is 32.2. The third-order valence-corrected chi connectivity index (χ3v) is 13.1. The molecule has 4 rings (SSSR count). The standard InChI is InChI=1S/C39H60N2O8S/c1-25-14-16-39-17-15-29(47-8)33(39)38(25,7)30(23-37(6,18-21-42)34(45)26(39)2)48-32(44)24-50-28-12-10-27(11-13-28)22-31(43)40-19-9-20-41-35(46)49-36(3,4)5/h10-13,25-26,29-30,33,42H,9,14-24H2,1-8H3,(H,40,43)(H,41,46)/t25-,26+,29-,30-,33?,37+,38+,39+/m1/s1. The van der Waals surface area contributed by atoms with Crippen LogP contribution in [0, 0.1) is 34.0 Å². The van der Waals surface area contributed by atoms with Crippen molar-refractivity contribution in [2.24, 2.45) is 34.0 Å². The number of ketones is 1. The number of hydrogen-bond donors (Lipinski definition) is 3. The van der Waals surface area contributed by atoms with Crippen molar-refractivity contribution in [1.82, 2.24) is 10.6 Å². The molecular formula is C39H60N2O8S. The molecule has 8 atom stereocenters. The Kier molecular flexibility index (Phi) is 13.1. The predicted molar refractivity (Wildman–Crippen MR) is 194 cm³/mol. The number of benzene rings is 1. The van der Waals surface area contributed by atoms with E-state index in [0.29, 0.717) is 32.4 Å². The zero-order valence-electron chi connectivity index (χ0n) is 31.4. The van der Waals surface area contributed by atoms with Gasteiger partial charge in [0.25, 0.3) is 0 Å². The molecular weight excluding hydrogens is 657 g/mol. The number of rotatable bonds is 13. The van der Waals surface area contributed by atoms with E-state index in [9.17, 15) is 24.3 Å². The van der Waals surface area contributed by atoms with Crippen LogP contribution in [0.4, 0.5) is 4.79 Å². The maximum absolute atomic E-state index is 14.3. The van der Waals surface area contributed by atoms with E-state index in [2.05, 4.69) is 31.4 Å². The van der Waals surface area contributed by atoms with Crippen molar-refractivity contribution in [2.75, 3.05) is 32.6 Å². The van der Waals surface area contributed by atoms with Gasteiger partial charge in [0.15, 0.2) is 0 Å². The van der Waals surface area contributed by atoms with Crippen LogP contribution in [0.5, 0.6) is 0 Å². The van der Waals surface area contributed by atoms with E-state index in [1.165, 1.54) is 11.8 Å². The first kappa shape index (κ1) is 40.1. The summed E-state index contributed by atoms with van der Waals surface area (Å²) < 4.78 is 17.8. The molecule has 50 heavy (non-hydrogen) atoms. The van der Waals surface area contributed by atoms with Gasteiger partial charge in [0, 0.05) is 54.4 Å². The molecule has 2 amide bonds. The Balaban J connectivity index is 1.36. The van der Waals surface area contributed by atoms with Gasteiger partial charge in [-0.2, -0.15) is 0 Å². The van der Waals surface area contributed by atoms with E-state index < -0.39 is 28.6 Å². The van der Waals surface area contributed by atoms with Gasteiger partial charge in [-0.05, 0) is 94.7 Å². The van der Waals surface area contributed by atoms with Crippen molar-refractivity contribution < 1.29 is 38.5 Å². The number of carbonyl (C=O) groups is 4. The molecule has 0 aromatic heterocycles. The fraction of sp³-hybridized carbons (Fsp3) is 0.744. The first-order valence-electron chi connectivity index (χ1n) is 18.3.